The normalized spacial score (nSPS) is 15.2. The summed E-state index contributed by atoms with van der Waals surface area (Å²) >= 11 is 9.46. The lowest BCUT2D eigenvalue weighted by Gasteiger charge is -2.13. The minimum Gasteiger partial charge on any atom is -0.481 e. The van der Waals surface area contributed by atoms with Gasteiger partial charge in [0.2, 0.25) is 0 Å². The molecule has 1 fully saturated rings. The Kier molecular flexibility index (Phi) is 5.48. The van der Waals surface area contributed by atoms with E-state index < -0.39 is 17.7 Å². The first-order chi connectivity index (χ1) is 12.9. The van der Waals surface area contributed by atoms with Gasteiger partial charge in [-0.2, -0.15) is 0 Å². The number of nitrogens with two attached hydrogens (primary N) is 1. The predicted octanol–water partition coefficient (Wildman–Crippen LogP) is 2.43. The molecule has 1 aliphatic rings. The Morgan fingerprint density at radius 1 is 1.26 bits per heavy atom. The Morgan fingerprint density at radius 3 is 2.59 bits per heavy atom. The van der Waals surface area contributed by atoms with Crippen molar-refractivity contribution in [3.8, 4) is 5.75 Å². The molecule has 1 heterocycles. The van der Waals surface area contributed by atoms with Gasteiger partial charge in [-0.3, -0.25) is 19.8 Å². The van der Waals surface area contributed by atoms with Crippen LogP contribution in [-0.4, -0.2) is 24.3 Å². The molecule has 9 heteroatoms. The van der Waals surface area contributed by atoms with Crippen molar-refractivity contribution in [2.45, 2.75) is 0 Å². The lowest BCUT2D eigenvalue weighted by Crippen LogP contribution is -2.35. The van der Waals surface area contributed by atoms with Crippen LogP contribution in [0.15, 0.2) is 52.5 Å². The number of amides is 3. The number of hydrogen-bond donors (Lipinski definition) is 2. The fourth-order valence-corrected chi connectivity index (χ4v) is 3.42. The Labute approximate surface area is 167 Å². The van der Waals surface area contributed by atoms with Crippen molar-refractivity contribution < 1.29 is 19.1 Å². The van der Waals surface area contributed by atoms with Crippen molar-refractivity contribution in [3.63, 3.8) is 0 Å². The fraction of sp³-hybridized carbons (Fsp3) is 0.0556. The molecule has 1 saturated heterocycles. The van der Waals surface area contributed by atoms with E-state index in [1.165, 1.54) is 17.2 Å². The van der Waals surface area contributed by atoms with Crippen molar-refractivity contribution in [1.82, 2.24) is 5.43 Å². The van der Waals surface area contributed by atoms with Crippen molar-refractivity contribution in [3.05, 3.63) is 63.1 Å². The molecule has 1 aliphatic heterocycles. The summed E-state index contributed by atoms with van der Waals surface area (Å²) in [6.07, 6.45) is 1.43. The number of benzene rings is 2. The van der Waals surface area contributed by atoms with Crippen LogP contribution in [0.25, 0.3) is 6.08 Å². The third kappa shape index (κ3) is 4.12. The summed E-state index contributed by atoms with van der Waals surface area (Å²) in [7, 11) is 0. The largest absolute Gasteiger partial charge is 0.481 e. The SMILES string of the molecule is NC(=O)COc1c(Cl)cc(/C=C2/C(=O)NN(c3ccccc3)C2=O)cc1Br. The van der Waals surface area contributed by atoms with Crippen LogP contribution in [0.4, 0.5) is 5.69 Å². The smallest absolute Gasteiger partial charge is 0.282 e. The standard InChI is InChI=1S/C18H13BrClN3O4/c19-13-7-10(8-14(20)16(13)27-9-15(21)24)6-12-17(25)22-23(18(12)26)11-4-2-1-3-5-11/h1-8H,9H2,(H2,21,24)(H,22,25)/b12-6-. The van der Waals surface area contributed by atoms with E-state index in [2.05, 4.69) is 21.4 Å². The van der Waals surface area contributed by atoms with Gasteiger partial charge in [-0.25, -0.2) is 5.01 Å². The molecule has 7 nitrogen and oxygen atoms in total. The van der Waals surface area contributed by atoms with E-state index in [1.807, 2.05) is 6.07 Å². The monoisotopic (exact) mass is 449 g/mol. The second-order valence-electron chi connectivity index (χ2n) is 5.54. The minimum atomic E-state index is -0.640. The van der Waals surface area contributed by atoms with Crippen LogP contribution < -0.4 is 20.9 Å². The molecule has 3 amide bonds. The van der Waals surface area contributed by atoms with Gasteiger partial charge < -0.3 is 10.5 Å². The van der Waals surface area contributed by atoms with Gasteiger partial charge in [-0.05, 0) is 51.8 Å². The van der Waals surface area contributed by atoms with Crippen molar-refractivity contribution in [2.24, 2.45) is 5.73 Å². The number of para-hydroxylation sites is 1. The number of rotatable bonds is 5. The van der Waals surface area contributed by atoms with Gasteiger partial charge in [0.1, 0.15) is 5.57 Å². The molecule has 2 aromatic carbocycles. The van der Waals surface area contributed by atoms with E-state index in [1.54, 1.807) is 30.3 Å². The number of carbonyl (C=O) groups is 3. The van der Waals surface area contributed by atoms with E-state index in [0.717, 1.165) is 0 Å². The molecule has 0 aromatic heterocycles. The molecule has 0 saturated carbocycles. The van der Waals surface area contributed by atoms with E-state index in [-0.39, 0.29) is 23.0 Å². The zero-order valence-electron chi connectivity index (χ0n) is 13.7. The summed E-state index contributed by atoms with van der Waals surface area (Å²) in [5, 5.41) is 1.37. The zero-order chi connectivity index (χ0) is 19.6. The molecule has 0 aliphatic carbocycles. The van der Waals surface area contributed by atoms with Crippen molar-refractivity contribution in [1.29, 1.82) is 0 Å². The van der Waals surface area contributed by atoms with Crippen LogP contribution in [0.3, 0.4) is 0 Å². The van der Waals surface area contributed by atoms with E-state index in [0.29, 0.717) is 15.7 Å². The molecule has 138 valence electrons. The number of anilines is 1. The lowest BCUT2D eigenvalue weighted by atomic mass is 10.1. The summed E-state index contributed by atoms with van der Waals surface area (Å²) in [5.41, 5.74) is 8.59. The number of carbonyl (C=O) groups excluding carboxylic acids is 3. The summed E-state index contributed by atoms with van der Waals surface area (Å²) in [6.45, 7) is -0.328. The molecule has 0 spiro atoms. The Balaban J connectivity index is 1.89. The van der Waals surface area contributed by atoms with Crippen LogP contribution >= 0.6 is 27.5 Å². The molecule has 0 unspecified atom stereocenters. The number of nitrogens with zero attached hydrogens (tertiary/aromatic N) is 1. The number of hydrazine groups is 1. The topological polar surface area (TPSA) is 102 Å². The number of hydrogen-bond acceptors (Lipinski definition) is 4. The summed E-state index contributed by atoms with van der Waals surface area (Å²) in [4.78, 5) is 35.7. The first-order valence-corrected chi connectivity index (χ1v) is 8.86. The van der Waals surface area contributed by atoms with Crippen LogP contribution in [-0.2, 0) is 14.4 Å². The summed E-state index contributed by atoms with van der Waals surface area (Å²) in [6, 6.07) is 11.9. The van der Waals surface area contributed by atoms with Crippen molar-refractivity contribution >= 4 is 57.0 Å². The molecule has 27 heavy (non-hydrogen) atoms. The second-order valence-corrected chi connectivity index (χ2v) is 6.81. The van der Waals surface area contributed by atoms with Gasteiger partial charge in [0.05, 0.1) is 15.2 Å². The Hall–Kier alpha value is -2.84. The maximum atomic E-state index is 12.6. The summed E-state index contributed by atoms with van der Waals surface area (Å²) in [5.74, 6) is -1.40. The molecule has 0 radical (unpaired) electrons. The maximum Gasteiger partial charge on any atom is 0.282 e. The lowest BCUT2D eigenvalue weighted by molar-refractivity contribution is -0.120. The van der Waals surface area contributed by atoms with Gasteiger partial charge in [0.25, 0.3) is 17.7 Å². The molecular weight excluding hydrogens is 438 g/mol. The highest BCUT2D eigenvalue weighted by Crippen LogP contribution is 2.35. The van der Waals surface area contributed by atoms with Gasteiger partial charge in [-0.1, -0.05) is 29.8 Å². The van der Waals surface area contributed by atoms with Crippen molar-refractivity contribution in [2.75, 3.05) is 11.6 Å². The van der Waals surface area contributed by atoms with Gasteiger partial charge >= 0.3 is 0 Å². The first kappa shape index (κ1) is 18.9. The average Bonchev–Trinajstić information content (AvgIpc) is 2.90. The number of halogens is 2. The van der Waals surface area contributed by atoms with E-state index in [4.69, 9.17) is 22.1 Å². The van der Waals surface area contributed by atoms with Crippen LogP contribution in [0.5, 0.6) is 5.75 Å². The third-order valence-electron chi connectivity index (χ3n) is 3.60. The molecule has 3 rings (SSSR count). The highest BCUT2D eigenvalue weighted by molar-refractivity contribution is 9.10. The van der Waals surface area contributed by atoms with Gasteiger partial charge in [0.15, 0.2) is 12.4 Å². The first-order valence-electron chi connectivity index (χ1n) is 7.69. The molecule has 2 aromatic rings. The van der Waals surface area contributed by atoms with Gasteiger partial charge in [-0.15, -0.1) is 0 Å². The van der Waals surface area contributed by atoms with Gasteiger partial charge in [0, 0.05) is 0 Å². The average molecular weight is 451 g/mol. The molecular formula is C18H13BrClN3O4. The van der Waals surface area contributed by atoms with E-state index >= 15 is 0 Å². The fourth-order valence-electron chi connectivity index (χ4n) is 2.43. The third-order valence-corrected chi connectivity index (χ3v) is 4.47. The zero-order valence-corrected chi connectivity index (χ0v) is 16.1. The maximum absolute atomic E-state index is 12.6. The molecule has 0 bridgehead atoms. The Morgan fingerprint density at radius 2 is 1.96 bits per heavy atom. The van der Waals surface area contributed by atoms with E-state index in [9.17, 15) is 14.4 Å². The van der Waals surface area contributed by atoms with Crippen LogP contribution in [0.2, 0.25) is 5.02 Å². The highest BCUT2D eigenvalue weighted by Gasteiger charge is 2.34. The number of ether oxygens (including phenoxy) is 1. The Bertz CT molecular complexity index is 939. The highest BCUT2D eigenvalue weighted by atomic mass is 79.9. The molecule has 0 atom stereocenters. The molecule has 3 N–H and O–H groups in total. The van der Waals surface area contributed by atoms with Crippen LogP contribution in [0, 0.1) is 0 Å². The predicted molar refractivity (Wildman–Crippen MR) is 104 cm³/mol. The minimum absolute atomic E-state index is 0.0346. The quantitative estimate of drug-likeness (QED) is 0.539. The second kappa shape index (κ2) is 7.81. The number of nitrogens with one attached hydrogen (secondary N) is 1. The van der Waals surface area contributed by atoms with Crippen LogP contribution in [0.1, 0.15) is 5.56 Å². The number of primary amides is 1. The summed E-state index contributed by atoms with van der Waals surface area (Å²) < 4.78 is 5.70.